The SMILES string of the molecule is CC1(C)CCc2nc(CN(CC(F)F)C(=O)O)nc(Cl)c2C1. The Labute approximate surface area is 132 Å². The van der Waals surface area contributed by atoms with E-state index in [4.69, 9.17) is 16.7 Å². The minimum Gasteiger partial charge on any atom is -0.465 e. The molecule has 1 amide bonds. The Morgan fingerprint density at radius 2 is 2.14 bits per heavy atom. The number of carboxylic acid groups (broad SMARTS) is 1. The molecular formula is C14H18ClF2N3O2. The highest BCUT2D eigenvalue weighted by Crippen LogP contribution is 2.36. The van der Waals surface area contributed by atoms with Crippen LogP contribution in [0, 0.1) is 5.41 Å². The first-order valence-electron chi connectivity index (χ1n) is 6.98. The molecule has 0 atom stereocenters. The van der Waals surface area contributed by atoms with E-state index in [0.29, 0.717) is 4.90 Å². The van der Waals surface area contributed by atoms with Gasteiger partial charge in [-0.25, -0.2) is 23.5 Å². The summed E-state index contributed by atoms with van der Waals surface area (Å²) in [5.41, 5.74) is 1.78. The Morgan fingerprint density at radius 1 is 1.45 bits per heavy atom. The fourth-order valence-electron chi connectivity index (χ4n) is 2.57. The highest BCUT2D eigenvalue weighted by atomic mass is 35.5. The van der Waals surface area contributed by atoms with Gasteiger partial charge in [-0.05, 0) is 24.7 Å². The van der Waals surface area contributed by atoms with Crippen LogP contribution in [-0.2, 0) is 19.4 Å². The average molecular weight is 334 g/mol. The number of carbonyl (C=O) groups is 1. The number of alkyl halides is 2. The number of aryl methyl sites for hydroxylation is 1. The van der Waals surface area contributed by atoms with Crippen LogP contribution in [0.3, 0.4) is 0 Å². The zero-order chi connectivity index (χ0) is 16.5. The lowest BCUT2D eigenvalue weighted by atomic mass is 9.76. The van der Waals surface area contributed by atoms with Crippen LogP contribution in [0.1, 0.15) is 37.4 Å². The fourth-order valence-corrected chi connectivity index (χ4v) is 2.85. The average Bonchev–Trinajstić information content (AvgIpc) is 2.38. The Morgan fingerprint density at radius 3 is 2.73 bits per heavy atom. The molecule has 22 heavy (non-hydrogen) atoms. The molecule has 1 aliphatic rings. The number of aromatic nitrogens is 2. The number of fused-ring (bicyclic) bond motifs is 1. The second-order valence-electron chi connectivity index (χ2n) is 6.25. The molecule has 2 rings (SSSR count). The van der Waals surface area contributed by atoms with Crippen molar-refractivity contribution in [2.75, 3.05) is 6.54 Å². The lowest BCUT2D eigenvalue weighted by Crippen LogP contribution is -2.34. The molecule has 0 saturated heterocycles. The first-order chi connectivity index (χ1) is 10.2. The van der Waals surface area contributed by atoms with Gasteiger partial charge < -0.3 is 5.11 Å². The highest BCUT2D eigenvalue weighted by molar-refractivity contribution is 6.30. The van der Waals surface area contributed by atoms with Gasteiger partial charge in [0.2, 0.25) is 0 Å². The van der Waals surface area contributed by atoms with Crippen molar-refractivity contribution in [1.82, 2.24) is 14.9 Å². The van der Waals surface area contributed by atoms with Crippen molar-refractivity contribution in [1.29, 1.82) is 0 Å². The van der Waals surface area contributed by atoms with E-state index in [0.717, 1.165) is 30.5 Å². The maximum Gasteiger partial charge on any atom is 0.407 e. The van der Waals surface area contributed by atoms with Crippen LogP contribution in [0.5, 0.6) is 0 Å². The summed E-state index contributed by atoms with van der Waals surface area (Å²) in [4.78, 5) is 20.0. The van der Waals surface area contributed by atoms with E-state index in [1.807, 2.05) is 0 Å². The second-order valence-corrected chi connectivity index (χ2v) is 6.61. The first-order valence-corrected chi connectivity index (χ1v) is 7.36. The highest BCUT2D eigenvalue weighted by Gasteiger charge is 2.29. The van der Waals surface area contributed by atoms with Gasteiger partial charge in [-0.3, -0.25) is 4.90 Å². The molecule has 0 radical (unpaired) electrons. The maximum absolute atomic E-state index is 12.4. The first kappa shape index (κ1) is 16.9. The molecule has 0 aromatic carbocycles. The van der Waals surface area contributed by atoms with Gasteiger partial charge in [0.1, 0.15) is 11.0 Å². The molecule has 0 unspecified atom stereocenters. The molecule has 0 aliphatic heterocycles. The number of hydrogen-bond donors (Lipinski definition) is 1. The Balaban J connectivity index is 2.23. The van der Waals surface area contributed by atoms with Crippen LogP contribution in [0.4, 0.5) is 13.6 Å². The van der Waals surface area contributed by atoms with E-state index in [1.54, 1.807) is 0 Å². The summed E-state index contributed by atoms with van der Waals surface area (Å²) in [6, 6.07) is 0. The number of halogens is 3. The Kier molecular flexibility index (Phi) is 4.84. The molecule has 122 valence electrons. The largest absolute Gasteiger partial charge is 0.465 e. The minimum absolute atomic E-state index is 0.115. The predicted molar refractivity (Wildman–Crippen MR) is 77.3 cm³/mol. The number of hydrogen-bond acceptors (Lipinski definition) is 3. The second kappa shape index (κ2) is 6.32. The molecule has 0 saturated carbocycles. The quantitative estimate of drug-likeness (QED) is 0.858. The van der Waals surface area contributed by atoms with Gasteiger partial charge in [0.15, 0.2) is 0 Å². The molecule has 1 heterocycles. The lowest BCUT2D eigenvalue weighted by molar-refractivity contribution is 0.0757. The molecule has 1 N–H and O–H groups in total. The van der Waals surface area contributed by atoms with Crippen LogP contribution in [0.2, 0.25) is 5.15 Å². The van der Waals surface area contributed by atoms with Crippen molar-refractivity contribution < 1.29 is 18.7 Å². The van der Waals surface area contributed by atoms with Crippen molar-refractivity contribution in [3.05, 3.63) is 22.2 Å². The molecule has 0 bridgehead atoms. The normalized spacial score (nSPS) is 16.5. The van der Waals surface area contributed by atoms with Crippen molar-refractivity contribution in [3.63, 3.8) is 0 Å². The predicted octanol–water partition coefficient (Wildman–Crippen LogP) is 3.39. The molecule has 1 aromatic heterocycles. The van der Waals surface area contributed by atoms with Gasteiger partial charge >= 0.3 is 6.09 Å². The smallest absolute Gasteiger partial charge is 0.407 e. The van der Waals surface area contributed by atoms with E-state index in [-0.39, 0.29) is 22.9 Å². The molecule has 1 aromatic rings. The van der Waals surface area contributed by atoms with Gasteiger partial charge in [-0.2, -0.15) is 0 Å². The molecule has 0 spiro atoms. The monoisotopic (exact) mass is 333 g/mol. The molecule has 5 nitrogen and oxygen atoms in total. The summed E-state index contributed by atoms with van der Waals surface area (Å²) in [6.07, 6.45) is -1.77. The zero-order valence-corrected chi connectivity index (χ0v) is 13.2. The number of rotatable bonds is 4. The third-order valence-electron chi connectivity index (χ3n) is 3.74. The van der Waals surface area contributed by atoms with E-state index >= 15 is 0 Å². The van der Waals surface area contributed by atoms with Gasteiger partial charge in [0.25, 0.3) is 6.43 Å². The Bertz CT molecular complexity index is 581. The maximum atomic E-state index is 12.4. The van der Waals surface area contributed by atoms with Crippen molar-refractivity contribution in [2.45, 2.75) is 46.1 Å². The van der Waals surface area contributed by atoms with E-state index < -0.39 is 19.1 Å². The molecule has 8 heteroatoms. The molecular weight excluding hydrogens is 316 g/mol. The minimum atomic E-state index is -2.75. The summed E-state index contributed by atoms with van der Waals surface area (Å²) in [6.45, 7) is 3.10. The summed E-state index contributed by atoms with van der Waals surface area (Å²) >= 11 is 6.18. The van der Waals surface area contributed by atoms with E-state index in [1.165, 1.54) is 0 Å². The van der Waals surface area contributed by atoms with Crippen LogP contribution < -0.4 is 0 Å². The topological polar surface area (TPSA) is 66.3 Å². The molecule has 0 fully saturated rings. The van der Waals surface area contributed by atoms with Gasteiger partial charge in [0, 0.05) is 11.3 Å². The Hall–Kier alpha value is -1.50. The van der Waals surface area contributed by atoms with Gasteiger partial charge in [0.05, 0.1) is 13.1 Å². The van der Waals surface area contributed by atoms with Crippen LogP contribution in [0.25, 0.3) is 0 Å². The van der Waals surface area contributed by atoms with Gasteiger partial charge in [-0.1, -0.05) is 25.4 Å². The standard InChI is InChI=1S/C14H18ClF2N3O2/c1-14(2)4-3-9-8(5-14)12(15)19-11(18-9)7-20(13(21)22)6-10(16)17/h10H,3-7H2,1-2H3,(H,21,22). The van der Waals surface area contributed by atoms with Crippen LogP contribution >= 0.6 is 11.6 Å². The van der Waals surface area contributed by atoms with Crippen molar-refractivity contribution in [2.24, 2.45) is 5.41 Å². The van der Waals surface area contributed by atoms with Crippen LogP contribution in [-0.4, -0.2) is 39.0 Å². The van der Waals surface area contributed by atoms with Crippen LogP contribution in [0.15, 0.2) is 0 Å². The summed E-state index contributed by atoms with van der Waals surface area (Å²) < 4.78 is 24.8. The van der Waals surface area contributed by atoms with Crippen molar-refractivity contribution in [3.8, 4) is 0 Å². The van der Waals surface area contributed by atoms with E-state index in [9.17, 15) is 13.6 Å². The van der Waals surface area contributed by atoms with E-state index in [2.05, 4.69) is 23.8 Å². The summed E-state index contributed by atoms with van der Waals surface area (Å²) in [7, 11) is 0. The summed E-state index contributed by atoms with van der Waals surface area (Å²) in [5.74, 6) is 0.159. The molecule has 1 aliphatic carbocycles. The van der Waals surface area contributed by atoms with Gasteiger partial charge in [-0.15, -0.1) is 0 Å². The lowest BCUT2D eigenvalue weighted by Gasteiger charge is -2.31. The fraction of sp³-hybridized carbons (Fsp3) is 0.643. The third kappa shape index (κ3) is 4.03. The zero-order valence-electron chi connectivity index (χ0n) is 12.4. The number of nitrogens with zero attached hydrogens (tertiary/aromatic N) is 3. The van der Waals surface area contributed by atoms with Crippen molar-refractivity contribution >= 4 is 17.7 Å². The number of amides is 1. The summed E-state index contributed by atoms with van der Waals surface area (Å²) in [5, 5.41) is 9.25. The third-order valence-corrected chi connectivity index (χ3v) is 4.06.